The number of furan rings is 1. The van der Waals surface area contributed by atoms with Gasteiger partial charge in [-0.1, -0.05) is 25.5 Å². The number of carbonyl (C=O) groups is 2. The van der Waals surface area contributed by atoms with Crippen molar-refractivity contribution in [3.8, 4) is 0 Å². The predicted molar refractivity (Wildman–Crippen MR) is 78.7 cm³/mol. The summed E-state index contributed by atoms with van der Waals surface area (Å²) in [7, 11) is 0. The summed E-state index contributed by atoms with van der Waals surface area (Å²) in [4.78, 5) is 23.5. The number of hydrogen-bond donors (Lipinski definition) is 2. The van der Waals surface area contributed by atoms with Crippen LogP contribution in [0.25, 0.3) is 0 Å². The Morgan fingerprint density at radius 3 is 2.38 bits per heavy atom. The van der Waals surface area contributed by atoms with Crippen molar-refractivity contribution in [1.29, 1.82) is 0 Å². The van der Waals surface area contributed by atoms with Crippen LogP contribution in [0.4, 0.5) is 0 Å². The molecule has 0 saturated heterocycles. The predicted octanol–water partition coefficient (Wildman–Crippen LogP) is 2.70. The van der Waals surface area contributed by atoms with Crippen molar-refractivity contribution in [3.63, 3.8) is 0 Å². The number of amides is 2. The number of nitrogens with one attached hydrogen (secondary N) is 2. The smallest absolute Gasteiger partial charge is 0.305 e. The van der Waals surface area contributed by atoms with E-state index in [1.54, 1.807) is 18.2 Å². The minimum absolute atomic E-state index is 0.144. The van der Waals surface area contributed by atoms with Gasteiger partial charge in [0, 0.05) is 5.56 Å². The number of unbranched alkanes of at least 4 members (excludes halogenated alkanes) is 1. The third-order valence-electron chi connectivity index (χ3n) is 3.07. The summed E-state index contributed by atoms with van der Waals surface area (Å²) in [6.07, 6.45) is 4.67. The fourth-order valence-electron chi connectivity index (χ4n) is 1.86. The Morgan fingerprint density at radius 2 is 1.76 bits per heavy atom. The number of hydrogen-bond acceptors (Lipinski definition) is 3. The molecule has 110 valence electrons. The van der Waals surface area contributed by atoms with Crippen molar-refractivity contribution in [2.45, 2.75) is 26.2 Å². The molecule has 0 spiro atoms. The average Bonchev–Trinajstić information content (AvgIpc) is 3.05. The van der Waals surface area contributed by atoms with E-state index in [0.29, 0.717) is 5.56 Å². The lowest BCUT2D eigenvalue weighted by molar-refractivity contribution is 0.0831. The van der Waals surface area contributed by atoms with E-state index in [4.69, 9.17) is 4.42 Å². The van der Waals surface area contributed by atoms with Crippen molar-refractivity contribution in [2.75, 3.05) is 0 Å². The highest BCUT2D eigenvalue weighted by molar-refractivity contribution is 5.97. The maximum Gasteiger partial charge on any atom is 0.305 e. The van der Waals surface area contributed by atoms with E-state index in [1.807, 2.05) is 12.1 Å². The molecule has 21 heavy (non-hydrogen) atoms. The monoisotopic (exact) mass is 286 g/mol. The van der Waals surface area contributed by atoms with E-state index in [2.05, 4.69) is 17.8 Å². The lowest BCUT2D eigenvalue weighted by Gasteiger charge is -2.06. The third kappa shape index (κ3) is 4.21. The third-order valence-corrected chi connectivity index (χ3v) is 3.07. The van der Waals surface area contributed by atoms with Crippen molar-refractivity contribution in [3.05, 3.63) is 59.5 Å². The van der Waals surface area contributed by atoms with Crippen LogP contribution >= 0.6 is 0 Å². The maximum atomic E-state index is 11.9. The first-order valence-corrected chi connectivity index (χ1v) is 6.94. The van der Waals surface area contributed by atoms with Gasteiger partial charge in [0.1, 0.15) is 0 Å². The number of carbonyl (C=O) groups excluding carboxylic acids is 2. The van der Waals surface area contributed by atoms with Crippen LogP contribution in [0, 0.1) is 0 Å². The van der Waals surface area contributed by atoms with Gasteiger partial charge in [-0.25, -0.2) is 0 Å². The molecule has 0 atom stereocenters. The topological polar surface area (TPSA) is 71.3 Å². The minimum Gasteiger partial charge on any atom is -0.459 e. The van der Waals surface area contributed by atoms with Gasteiger partial charge in [0.15, 0.2) is 5.76 Å². The molecule has 0 fully saturated rings. The fourth-order valence-corrected chi connectivity index (χ4v) is 1.86. The van der Waals surface area contributed by atoms with E-state index in [9.17, 15) is 9.59 Å². The first kappa shape index (κ1) is 14.8. The lowest BCUT2D eigenvalue weighted by atomic mass is 10.1. The molecule has 0 aliphatic rings. The van der Waals surface area contributed by atoms with Crippen LogP contribution < -0.4 is 10.9 Å². The lowest BCUT2D eigenvalue weighted by Crippen LogP contribution is -2.41. The standard InChI is InChI=1S/C16H18N2O3/c1-2-3-5-12-7-9-13(10-8-12)15(19)17-18-16(20)14-6-4-11-21-14/h4,6-11H,2-3,5H2,1H3,(H,17,19)(H,18,20). The van der Waals surface area contributed by atoms with Gasteiger partial charge in [-0.05, 0) is 42.7 Å². The van der Waals surface area contributed by atoms with E-state index in [-0.39, 0.29) is 11.7 Å². The zero-order chi connectivity index (χ0) is 15.1. The Bertz CT molecular complexity index is 588. The molecule has 0 aliphatic heterocycles. The number of benzene rings is 1. The van der Waals surface area contributed by atoms with Gasteiger partial charge in [0.05, 0.1) is 6.26 Å². The van der Waals surface area contributed by atoms with Crippen LogP contribution in [-0.4, -0.2) is 11.8 Å². The summed E-state index contributed by atoms with van der Waals surface area (Å²) in [6, 6.07) is 10.5. The molecule has 0 aliphatic carbocycles. The van der Waals surface area contributed by atoms with Crippen molar-refractivity contribution in [2.24, 2.45) is 0 Å². The Labute approximate surface area is 123 Å². The summed E-state index contributed by atoms with van der Waals surface area (Å²) >= 11 is 0. The zero-order valence-electron chi connectivity index (χ0n) is 11.9. The van der Waals surface area contributed by atoms with Crippen molar-refractivity contribution < 1.29 is 14.0 Å². The molecule has 1 aromatic carbocycles. The SMILES string of the molecule is CCCCc1ccc(C(=O)NNC(=O)c2ccco2)cc1. The molecule has 1 heterocycles. The molecule has 2 aromatic rings. The van der Waals surface area contributed by atoms with E-state index in [1.165, 1.54) is 17.9 Å². The first-order valence-electron chi connectivity index (χ1n) is 6.94. The summed E-state index contributed by atoms with van der Waals surface area (Å²) in [6.45, 7) is 2.14. The van der Waals surface area contributed by atoms with Gasteiger partial charge in [0.2, 0.25) is 0 Å². The number of hydrazine groups is 1. The average molecular weight is 286 g/mol. The second kappa shape index (κ2) is 7.28. The minimum atomic E-state index is -0.493. The summed E-state index contributed by atoms with van der Waals surface area (Å²) in [5.74, 6) is -0.713. The first-order chi connectivity index (χ1) is 10.2. The summed E-state index contributed by atoms with van der Waals surface area (Å²) in [5.41, 5.74) is 6.35. The molecule has 5 heteroatoms. The van der Waals surface area contributed by atoms with E-state index < -0.39 is 5.91 Å². The van der Waals surface area contributed by atoms with Crippen LogP contribution in [0.1, 0.15) is 46.2 Å². The highest BCUT2D eigenvalue weighted by Gasteiger charge is 2.10. The molecule has 1 aromatic heterocycles. The van der Waals surface area contributed by atoms with Crippen LogP contribution in [0.5, 0.6) is 0 Å². The molecule has 2 rings (SSSR count). The molecule has 0 bridgehead atoms. The molecule has 0 unspecified atom stereocenters. The Hall–Kier alpha value is -2.56. The van der Waals surface area contributed by atoms with Crippen molar-refractivity contribution >= 4 is 11.8 Å². The van der Waals surface area contributed by atoms with Gasteiger partial charge in [-0.3, -0.25) is 20.4 Å². The summed E-state index contributed by atoms with van der Waals surface area (Å²) < 4.78 is 4.92. The molecule has 5 nitrogen and oxygen atoms in total. The van der Waals surface area contributed by atoms with Crippen LogP contribution in [0.3, 0.4) is 0 Å². The quantitative estimate of drug-likeness (QED) is 0.830. The van der Waals surface area contributed by atoms with E-state index >= 15 is 0 Å². The highest BCUT2D eigenvalue weighted by atomic mass is 16.3. The molecular formula is C16H18N2O3. The van der Waals surface area contributed by atoms with Gasteiger partial charge in [-0.2, -0.15) is 0 Å². The number of aryl methyl sites for hydroxylation is 1. The summed E-state index contributed by atoms with van der Waals surface area (Å²) in [5, 5.41) is 0. The van der Waals surface area contributed by atoms with Crippen LogP contribution in [0.15, 0.2) is 47.1 Å². The van der Waals surface area contributed by atoms with Crippen LogP contribution in [0.2, 0.25) is 0 Å². The van der Waals surface area contributed by atoms with Gasteiger partial charge in [0.25, 0.3) is 5.91 Å². The normalized spacial score (nSPS) is 10.1. The Balaban J connectivity index is 1.87. The van der Waals surface area contributed by atoms with Crippen LogP contribution in [-0.2, 0) is 6.42 Å². The molecule has 0 radical (unpaired) electrons. The molecule has 2 amide bonds. The van der Waals surface area contributed by atoms with Crippen molar-refractivity contribution in [1.82, 2.24) is 10.9 Å². The molecule has 0 saturated carbocycles. The second-order valence-electron chi connectivity index (χ2n) is 4.69. The number of rotatable bonds is 5. The molecule has 2 N–H and O–H groups in total. The largest absolute Gasteiger partial charge is 0.459 e. The zero-order valence-corrected chi connectivity index (χ0v) is 11.9. The fraction of sp³-hybridized carbons (Fsp3) is 0.250. The maximum absolute atomic E-state index is 11.9. The Kier molecular flexibility index (Phi) is 5.15. The van der Waals surface area contributed by atoms with Gasteiger partial charge >= 0.3 is 5.91 Å². The second-order valence-corrected chi connectivity index (χ2v) is 4.69. The van der Waals surface area contributed by atoms with Gasteiger partial charge < -0.3 is 4.42 Å². The highest BCUT2D eigenvalue weighted by Crippen LogP contribution is 2.07. The van der Waals surface area contributed by atoms with Gasteiger partial charge in [-0.15, -0.1) is 0 Å². The Morgan fingerprint density at radius 1 is 1.05 bits per heavy atom. The molecular weight excluding hydrogens is 268 g/mol. The van der Waals surface area contributed by atoms with E-state index in [0.717, 1.165) is 19.3 Å².